The molecule has 3 N–H and O–H groups in total. The fraction of sp³-hybridized carbons (Fsp3) is 0.375. The van der Waals surface area contributed by atoms with Crippen LogP contribution in [0, 0.1) is 0 Å². The van der Waals surface area contributed by atoms with Gasteiger partial charge < -0.3 is 5.32 Å². The highest BCUT2D eigenvalue weighted by atomic mass is 32.1. The topological polar surface area (TPSA) is 64.3 Å². The van der Waals surface area contributed by atoms with Crippen LogP contribution in [-0.4, -0.2) is 18.6 Å². The fourth-order valence-corrected chi connectivity index (χ4v) is 1.42. The van der Waals surface area contributed by atoms with Crippen LogP contribution in [0.3, 0.4) is 0 Å². The maximum atomic E-state index is 11.3. The molecular weight excluding hydrogens is 188 g/mol. The summed E-state index contributed by atoms with van der Waals surface area (Å²) in [5, 5.41) is 4.56. The predicted molar refractivity (Wildman–Crippen MR) is 51.4 cm³/mol. The first kappa shape index (κ1) is 10.2. The fourth-order valence-electron chi connectivity index (χ4n) is 0.779. The zero-order valence-electron chi connectivity index (χ0n) is 7.32. The van der Waals surface area contributed by atoms with Gasteiger partial charge in [0.1, 0.15) is 0 Å². The van der Waals surface area contributed by atoms with Crippen LogP contribution in [0.5, 0.6) is 0 Å². The van der Waals surface area contributed by atoms with E-state index < -0.39 is 0 Å². The van der Waals surface area contributed by atoms with Crippen LogP contribution in [0.2, 0.25) is 0 Å². The molecular formula is C8H12N2O2S. The van der Waals surface area contributed by atoms with Crippen molar-refractivity contribution in [3.05, 3.63) is 22.4 Å². The largest absolute Gasteiger partial charge is 0.349 e. The van der Waals surface area contributed by atoms with Crippen LogP contribution in [0.15, 0.2) is 17.5 Å². The molecule has 0 saturated carbocycles. The van der Waals surface area contributed by atoms with E-state index in [1.54, 1.807) is 13.0 Å². The van der Waals surface area contributed by atoms with Crippen LogP contribution in [-0.2, 0) is 4.84 Å². The van der Waals surface area contributed by atoms with Crippen molar-refractivity contribution in [3.63, 3.8) is 0 Å². The zero-order chi connectivity index (χ0) is 9.68. The highest BCUT2D eigenvalue weighted by molar-refractivity contribution is 7.12. The second-order valence-corrected chi connectivity index (χ2v) is 3.58. The molecule has 1 aromatic rings. The third kappa shape index (κ3) is 3.14. The molecule has 0 aliphatic carbocycles. The Kier molecular flexibility index (Phi) is 3.88. The summed E-state index contributed by atoms with van der Waals surface area (Å²) in [5.41, 5.74) is 0. The van der Waals surface area contributed by atoms with E-state index in [2.05, 4.69) is 10.2 Å². The van der Waals surface area contributed by atoms with Crippen molar-refractivity contribution < 1.29 is 9.63 Å². The summed E-state index contributed by atoms with van der Waals surface area (Å²) >= 11 is 1.41. The molecule has 4 nitrogen and oxygen atoms in total. The minimum absolute atomic E-state index is 0.0844. The first-order valence-corrected chi connectivity index (χ1v) is 4.79. The molecule has 1 amide bonds. The summed E-state index contributed by atoms with van der Waals surface area (Å²) in [5.74, 6) is 4.84. The molecule has 1 aromatic heterocycles. The van der Waals surface area contributed by atoms with Gasteiger partial charge >= 0.3 is 0 Å². The minimum Gasteiger partial charge on any atom is -0.349 e. The maximum absolute atomic E-state index is 11.3. The Bertz CT molecular complexity index is 261. The van der Waals surface area contributed by atoms with Gasteiger partial charge in [-0.05, 0) is 18.4 Å². The van der Waals surface area contributed by atoms with Crippen molar-refractivity contribution in [2.45, 2.75) is 13.0 Å². The van der Waals surface area contributed by atoms with Crippen LogP contribution < -0.4 is 11.2 Å². The molecule has 0 radical (unpaired) electrons. The quantitative estimate of drug-likeness (QED) is 0.705. The van der Waals surface area contributed by atoms with E-state index in [1.165, 1.54) is 11.3 Å². The van der Waals surface area contributed by atoms with Crippen molar-refractivity contribution in [3.8, 4) is 0 Å². The first-order valence-electron chi connectivity index (χ1n) is 3.91. The maximum Gasteiger partial charge on any atom is 0.261 e. The van der Waals surface area contributed by atoms with Crippen molar-refractivity contribution in [1.82, 2.24) is 5.32 Å². The van der Waals surface area contributed by atoms with Crippen LogP contribution >= 0.6 is 11.3 Å². The summed E-state index contributed by atoms with van der Waals surface area (Å²) < 4.78 is 0. The minimum atomic E-state index is -0.163. The van der Waals surface area contributed by atoms with E-state index in [1.807, 2.05) is 11.4 Å². The second kappa shape index (κ2) is 4.96. The third-order valence-electron chi connectivity index (χ3n) is 1.53. The average Bonchev–Trinajstić information content (AvgIpc) is 2.66. The Morgan fingerprint density at radius 3 is 3.15 bits per heavy atom. The Labute approximate surface area is 80.7 Å². The number of carbonyl (C=O) groups is 1. The summed E-state index contributed by atoms with van der Waals surface area (Å²) in [6.07, 6.45) is -0.163. The summed E-state index contributed by atoms with van der Waals surface area (Å²) in [6, 6.07) is 3.61. The molecule has 0 fully saturated rings. The molecule has 5 heteroatoms. The molecule has 0 bridgehead atoms. The van der Waals surface area contributed by atoms with Crippen LogP contribution in [0.4, 0.5) is 0 Å². The lowest BCUT2D eigenvalue weighted by Gasteiger charge is -2.08. The smallest absolute Gasteiger partial charge is 0.261 e. The Hall–Kier alpha value is -0.910. The Morgan fingerprint density at radius 2 is 2.62 bits per heavy atom. The van der Waals surface area contributed by atoms with Gasteiger partial charge in [0, 0.05) is 6.54 Å². The van der Waals surface area contributed by atoms with Gasteiger partial charge in [-0.2, -0.15) is 0 Å². The van der Waals surface area contributed by atoms with Gasteiger partial charge in [0.15, 0.2) is 0 Å². The number of rotatable bonds is 4. The van der Waals surface area contributed by atoms with Gasteiger partial charge in [0.05, 0.1) is 11.0 Å². The Balaban J connectivity index is 2.35. The van der Waals surface area contributed by atoms with E-state index in [4.69, 9.17) is 5.90 Å². The van der Waals surface area contributed by atoms with Gasteiger partial charge in [-0.3, -0.25) is 9.63 Å². The average molecular weight is 200 g/mol. The van der Waals surface area contributed by atoms with E-state index in [0.29, 0.717) is 11.4 Å². The highest BCUT2D eigenvalue weighted by Gasteiger charge is 2.07. The number of hydrogen-bond donors (Lipinski definition) is 2. The second-order valence-electron chi connectivity index (χ2n) is 2.63. The first-order chi connectivity index (χ1) is 6.24. The molecule has 13 heavy (non-hydrogen) atoms. The lowest BCUT2D eigenvalue weighted by Crippen LogP contribution is -2.32. The number of nitrogens with one attached hydrogen (secondary N) is 1. The summed E-state index contributed by atoms with van der Waals surface area (Å²) in [7, 11) is 0. The molecule has 0 saturated heterocycles. The van der Waals surface area contributed by atoms with Crippen molar-refractivity contribution >= 4 is 17.2 Å². The Morgan fingerprint density at radius 1 is 1.85 bits per heavy atom. The standard InChI is InChI=1S/C8H12N2O2S/c1-6(12-9)5-10-8(11)7-3-2-4-13-7/h2-4,6H,5,9H2,1H3,(H,10,11). The van der Waals surface area contributed by atoms with Crippen LogP contribution in [0.1, 0.15) is 16.6 Å². The molecule has 0 aromatic carbocycles. The summed E-state index contributed by atoms with van der Waals surface area (Å²) in [6.45, 7) is 2.21. The number of thiophene rings is 1. The van der Waals surface area contributed by atoms with E-state index in [9.17, 15) is 4.79 Å². The third-order valence-corrected chi connectivity index (χ3v) is 2.40. The molecule has 1 rings (SSSR count). The molecule has 1 unspecified atom stereocenters. The monoisotopic (exact) mass is 200 g/mol. The zero-order valence-corrected chi connectivity index (χ0v) is 8.14. The number of amides is 1. The molecule has 0 spiro atoms. The van der Waals surface area contributed by atoms with Gasteiger partial charge in [0.25, 0.3) is 5.91 Å². The highest BCUT2D eigenvalue weighted by Crippen LogP contribution is 2.07. The van der Waals surface area contributed by atoms with Gasteiger partial charge in [-0.25, -0.2) is 5.90 Å². The molecule has 1 atom stereocenters. The lowest BCUT2D eigenvalue weighted by molar-refractivity contribution is 0.0623. The van der Waals surface area contributed by atoms with Gasteiger partial charge in [-0.1, -0.05) is 6.07 Å². The van der Waals surface area contributed by atoms with Crippen molar-refractivity contribution in [2.24, 2.45) is 5.90 Å². The lowest BCUT2D eigenvalue weighted by atomic mass is 10.4. The predicted octanol–water partition coefficient (Wildman–Crippen LogP) is 0.757. The summed E-state index contributed by atoms with van der Waals surface area (Å²) in [4.78, 5) is 16.5. The van der Waals surface area contributed by atoms with Gasteiger partial charge in [0.2, 0.25) is 0 Å². The normalized spacial score (nSPS) is 12.5. The SMILES string of the molecule is CC(CNC(=O)c1cccs1)ON. The molecule has 72 valence electrons. The number of nitrogens with two attached hydrogens (primary N) is 1. The van der Waals surface area contributed by atoms with E-state index in [0.717, 1.165) is 0 Å². The number of hydrogen-bond acceptors (Lipinski definition) is 4. The van der Waals surface area contributed by atoms with E-state index in [-0.39, 0.29) is 12.0 Å². The number of carbonyl (C=O) groups excluding carboxylic acids is 1. The van der Waals surface area contributed by atoms with Crippen LogP contribution in [0.25, 0.3) is 0 Å². The van der Waals surface area contributed by atoms with E-state index >= 15 is 0 Å². The van der Waals surface area contributed by atoms with Gasteiger partial charge in [-0.15, -0.1) is 11.3 Å². The van der Waals surface area contributed by atoms with Crippen molar-refractivity contribution in [1.29, 1.82) is 0 Å². The molecule has 0 aliphatic rings. The van der Waals surface area contributed by atoms with Crippen molar-refractivity contribution in [2.75, 3.05) is 6.54 Å². The molecule has 0 aliphatic heterocycles. The molecule has 1 heterocycles.